The van der Waals surface area contributed by atoms with Crippen molar-refractivity contribution in [3.63, 3.8) is 0 Å². The Morgan fingerprint density at radius 1 is 1.09 bits per heavy atom. The van der Waals surface area contributed by atoms with Crippen LogP contribution in [0.5, 0.6) is 0 Å². The number of amides is 2. The van der Waals surface area contributed by atoms with Crippen LogP contribution in [-0.4, -0.2) is 57.3 Å². The van der Waals surface area contributed by atoms with Crippen LogP contribution >= 0.6 is 11.3 Å². The largest absolute Gasteiger partial charge is 0.370 e. The van der Waals surface area contributed by atoms with Gasteiger partial charge in [0.1, 0.15) is 0 Å². The van der Waals surface area contributed by atoms with Gasteiger partial charge in [-0.05, 0) is 56.3 Å². The molecule has 1 aliphatic rings. The van der Waals surface area contributed by atoms with Gasteiger partial charge in [0.25, 0.3) is 5.91 Å². The van der Waals surface area contributed by atoms with Crippen LogP contribution in [0.15, 0.2) is 40.6 Å². The SMILES string of the molecule is CCN(CC)c1ccc(S(=O)(=O)N2CCCCC2)cc1NC(=O)CCNC(=O)c1cccs1. The number of sulfonamides is 1. The predicted molar refractivity (Wildman–Crippen MR) is 133 cm³/mol. The molecule has 0 bridgehead atoms. The first kappa shape index (κ1) is 25.2. The molecule has 2 heterocycles. The third kappa shape index (κ3) is 6.33. The maximum atomic E-state index is 13.2. The Balaban J connectivity index is 1.75. The number of nitrogens with zero attached hydrogens (tertiary/aromatic N) is 2. The second-order valence-corrected chi connectivity index (χ2v) is 10.7. The van der Waals surface area contributed by atoms with Crippen molar-refractivity contribution in [1.82, 2.24) is 9.62 Å². The topological polar surface area (TPSA) is 98.8 Å². The van der Waals surface area contributed by atoms with Crippen molar-refractivity contribution in [2.45, 2.75) is 44.4 Å². The molecule has 0 saturated carbocycles. The average Bonchev–Trinajstić information content (AvgIpc) is 3.36. The van der Waals surface area contributed by atoms with Crippen LogP contribution in [0.3, 0.4) is 0 Å². The van der Waals surface area contributed by atoms with E-state index in [1.165, 1.54) is 15.6 Å². The van der Waals surface area contributed by atoms with Gasteiger partial charge in [-0.1, -0.05) is 12.5 Å². The number of carbonyl (C=O) groups is 2. The lowest BCUT2D eigenvalue weighted by atomic mass is 10.2. The fourth-order valence-electron chi connectivity index (χ4n) is 3.87. The lowest BCUT2D eigenvalue weighted by molar-refractivity contribution is -0.116. The Morgan fingerprint density at radius 2 is 1.82 bits per heavy atom. The Bertz CT molecular complexity index is 1040. The number of hydrogen-bond donors (Lipinski definition) is 2. The number of benzene rings is 1. The van der Waals surface area contributed by atoms with E-state index in [2.05, 4.69) is 15.5 Å². The van der Waals surface area contributed by atoms with Gasteiger partial charge in [0, 0.05) is 39.1 Å². The quantitative estimate of drug-likeness (QED) is 0.529. The Labute approximate surface area is 200 Å². The van der Waals surface area contributed by atoms with Gasteiger partial charge >= 0.3 is 0 Å². The zero-order valence-electron chi connectivity index (χ0n) is 19.2. The molecule has 0 atom stereocenters. The summed E-state index contributed by atoms with van der Waals surface area (Å²) in [6.07, 6.45) is 2.84. The first-order chi connectivity index (χ1) is 15.9. The third-order valence-corrected chi connectivity index (χ3v) is 8.44. The van der Waals surface area contributed by atoms with E-state index >= 15 is 0 Å². The molecule has 2 amide bonds. The minimum atomic E-state index is -3.62. The molecule has 0 unspecified atom stereocenters. The standard InChI is InChI=1S/C23H32N4O4S2/c1-3-26(4-2)20-11-10-18(33(30,31)27-14-6-5-7-15-27)17-19(20)25-22(28)12-13-24-23(29)21-9-8-16-32-21/h8-11,16-17H,3-7,12-15H2,1-2H3,(H,24,29)(H,25,28). The van der Waals surface area contributed by atoms with E-state index in [1.807, 2.05) is 19.2 Å². The van der Waals surface area contributed by atoms with Gasteiger partial charge in [-0.25, -0.2) is 8.42 Å². The summed E-state index contributed by atoms with van der Waals surface area (Å²) in [4.78, 5) is 27.6. The molecule has 1 fully saturated rings. The first-order valence-corrected chi connectivity index (χ1v) is 13.7. The molecule has 0 aliphatic carbocycles. The van der Waals surface area contributed by atoms with Crippen molar-refractivity contribution >= 4 is 44.5 Å². The van der Waals surface area contributed by atoms with Crippen LogP contribution in [0.1, 0.15) is 49.2 Å². The summed E-state index contributed by atoms with van der Waals surface area (Å²) in [5, 5.41) is 7.43. The van der Waals surface area contributed by atoms with Crippen molar-refractivity contribution in [2.75, 3.05) is 42.9 Å². The van der Waals surface area contributed by atoms with E-state index in [9.17, 15) is 18.0 Å². The molecule has 33 heavy (non-hydrogen) atoms. The van der Waals surface area contributed by atoms with Gasteiger partial charge in [0.2, 0.25) is 15.9 Å². The number of anilines is 2. The first-order valence-electron chi connectivity index (χ1n) is 11.4. The second kappa shape index (κ2) is 11.6. The molecule has 180 valence electrons. The number of piperidine rings is 1. The van der Waals surface area contributed by atoms with E-state index in [0.717, 1.165) is 24.9 Å². The molecular formula is C23H32N4O4S2. The van der Waals surface area contributed by atoms with Gasteiger partial charge in [0.15, 0.2) is 0 Å². The fraction of sp³-hybridized carbons (Fsp3) is 0.478. The molecule has 10 heteroatoms. The molecule has 0 radical (unpaired) electrons. The van der Waals surface area contributed by atoms with E-state index in [1.54, 1.807) is 30.3 Å². The summed E-state index contributed by atoms with van der Waals surface area (Å²) >= 11 is 1.34. The number of carbonyl (C=O) groups excluding carboxylic acids is 2. The molecule has 8 nitrogen and oxygen atoms in total. The molecular weight excluding hydrogens is 460 g/mol. The van der Waals surface area contributed by atoms with Crippen LogP contribution in [0, 0.1) is 0 Å². The second-order valence-electron chi connectivity index (χ2n) is 7.85. The molecule has 1 aliphatic heterocycles. The Kier molecular flexibility index (Phi) is 8.87. The molecule has 2 aromatic rings. The summed E-state index contributed by atoms with van der Waals surface area (Å²) in [5.41, 5.74) is 1.24. The van der Waals surface area contributed by atoms with Gasteiger partial charge in [-0.3, -0.25) is 9.59 Å². The van der Waals surface area contributed by atoms with Crippen molar-refractivity contribution in [1.29, 1.82) is 0 Å². The molecule has 1 saturated heterocycles. The Hall–Kier alpha value is -2.43. The van der Waals surface area contributed by atoms with Crippen molar-refractivity contribution in [3.8, 4) is 0 Å². The maximum absolute atomic E-state index is 13.2. The van der Waals surface area contributed by atoms with E-state index < -0.39 is 10.0 Å². The molecule has 3 rings (SSSR count). The van der Waals surface area contributed by atoms with Gasteiger partial charge in [0.05, 0.1) is 21.1 Å². The third-order valence-electron chi connectivity index (χ3n) is 5.68. The van der Waals surface area contributed by atoms with Crippen LogP contribution in [-0.2, 0) is 14.8 Å². The van der Waals surface area contributed by atoms with Crippen LogP contribution in [0.25, 0.3) is 0 Å². The molecule has 2 N–H and O–H groups in total. The van der Waals surface area contributed by atoms with E-state index in [4.69, 9.17) is 0 Å². The zero-order chi connectivity index (χ0) is 23.8. The van der Waals surface area contributed by atoms with Crippen molar-refractivity contribution in [3.05, 3.63) is 40.6 Å². The molecule has 0 spiro atoms. The summed E-state index contributed by atoms with van der Waals surface area (Å²) in [7, 11) is -3.62. The highest BCUT2D eigenvalue weighted by molar-refractivity contribution is 7.89. The highest BCUT2D eigenvalue weighted by atomic mass is 32.2. The summed E-state index contributed by atoms with van der Waals surface area (Å²) < 4.78 is 27.8. The summed E-state index contributed by atoms with van der Waals surface area (Å²) in [5.74, 6) is -0.501. The smallest absolute Gasteiger partial charge is 0.261 e. The summed E-state index contributed by atoms with van der Waals surface area (Å²) in [6, 6.07) is 8.46. The number of hydrogen-bond acceptors (Lipinski definition) is 6. The lowest BCUT2D eigenvalue weighted by Crippen LogP contribution is -2.35. The van der Waals surface area contributed by atoms with E-state index in [0.29, 0.717) is 36.7 Å². The van der Waals surface area contributed by atoms with Crippen LogP contribution in [0.4, 0.5) is 11.4 Å². The van der Waals surface area contributed by atoms with Gasteiger partial charge in [-0.2, -0.15) is 4.31 Å². The number of rotatable bonds is 10. The number of nitrogens with one attached hydrogen (secondary N) is 2. The highest BCUT2D eigenvalue weighted by Gasteiger charge is 2.27. The molecule has 1 aromatic heterocycles. The minimum absolute atomic E-state index is 0.0813. The maximum Gasteiger partial charge on any atom is 0.261 e. The van der Waals surface area contributed by atoms with Crippen molar-refractivity contribution < 1.29 is 18.0 Å². The molecule has 1 aromatic carbocycles. The van der Waals surface area contributed by atoms with Gasteiger partial charge < -0.3 is 15.5 Å². The summed E-state index contributed by atoms with van der Waals surface area (Å²) in [6.45, 7) is 6.68. The lowest BCUT2D eigenvalue weighted by Gasteiger charge is -2.28. The zero-order valence-corrected chi connectivity index (χ0v) is 20.8. The van der Waals surface area contributed by atoms with Crippen molar-refractivity contribution in [2.24, 2.45) is 0 Å². The minimum Gasteiger partial charge on any atom is -0.370 e. The van der Waals surface area contributed by atoms with Crippen LogP contribution in [0.2, 0.25) is 0 Å². The van der Waals surface area contributed by atoms with Crippen LogP contribution < -0.4 is 15.5 Å². The van der Waals surface area contributed by atoms with E-state index in [-0.39, 0.29) is 29.7 Å². The fourth-order valence-corrected chi connectivity index (χ4v) is 6.05. The number of thiophene rings is 1. The monoisotopic (exact) mass is 492 g/mol. The normalized spacial score (nSPS) is 14.6. The highest BCUT2D eigenvalue weighted by Crippen LogP contribution is 2.31. The van der Waals surface area contributed by atoms with Gasteiger partial charge in [-0.15, -0.1) is 11.3 Å². The predicted octanol–water partition coefficient (Wildman–Crippen LogP) is 3.53. The Morgan fingerprint density at radius 3 is 2.45 bits per heavy atom. The average molecular weight is 493 g/mol.